The Bertz CT molecular complexity index is 647. The SMILES string of the molecule is CC1=C[C@H](c2ccccc2)O[P@@]1(=O)c1ccccc1. The minimum absolute atomic E-state index is 0.216. The first-order chi connectivity index (χ1) is 9.20. The van der Waals surface area contributed by atoms with Gasteiger partial charge >= 0.3 is 0 Å². The van der Waals surface area contributed by atoms with Crippen LogP contribution in [0.25, 0.3) is 0 Å². The molecule has 0 saturated heterocycles. The fraction of sp³-hybridized carbons (Fsp3) is 0.125. The zero-order valence-electron chi connectivity index (χ0n) is 10.7. The second kappa shape index (κ2) is 4.80. The van der Waals surface area contributed by atoms with E-state index in [-0.39, 0.29) is 6.10 Å². The summed E-state index contributed by atoms with van der Waals surface area (Å²) in [7, 11) is -2.87. The van der Waals surface area contributed by atoms with Crippen LogP contribution in [0, 0.1) is 0 Å². The minimum atomic E-state index is -2.87. The Labute approximate surface area is 113 Å². The van der Waals surface area contributed by atoms with Gasteiger partial charge in [-0.3, -0.25) is 4.57 Å². The molecule has 19 heavy (non-hydrogen) atoms. The average molecular weight is 270 g/mol. The van der Waals surface area contributed by atoms with E-state index in [1.54, 1.807) is 0 Å². The van der Waals surface area contributed by atoms with Crippen LogP contribution in [0.4, 0.5) is 0 Å². The van der Waals surface area contributed by atoms with Crippen LogP contribution in [0.3, 0.4) is 0 Å². The number of allylic oxidation sites excluding steroid dienone is 1. The van der Waals surface area contributed by atoms with Crippen LogP contribution in [0.2, 0.25) is 0 Å². The molecule has 2 aromatic rings. The Morgan fingerprint density at radius 1 is 0.947 bits per heavy atom. The molecule has 2 aromatic carbocycles. The molecule has 0 N–H and O–H groups in total. The molecule has 0 saturated carbocycles. The van der Waals surface area contributed by atoms with E-state index in [1.807, 2.05) is 73.7 Å². The third kappa shape index (κ3) is 2.18. The van der Waals surface area contributed by atoms with E-state index in [0.29, 0.717) is 0 Å². The highest BCUT2D eigenvalue weighted by atomic mass is 31.2. The molecule has 1 aliphatic rings. The monoisotopic (exact) mass is 270 g/mol. The Hall–Kier alpha value is -1.63. The van der Waals surface area contributed by atoms with Gasteiger partial charge in [0.25, 0.3) is 7.37 Å². The van der Waals surface area contributed by atoms with Gasteiger partial charge in [0, 0.05) is 10.6 Å². The first kappa shape index (κ1) is 12.4. The molecule has 0 aliphatic carbocycles. The first-order valence-corrected chi connectivity index (χ1v) is 7.90. The van der Waals surface area contributed by atoms with E-state index in [2.05, 4.69) is 0 Å². The molecule has 0 radical (unpaired) electrons. The number of hydrogen-bond acceptors (Lipinski definition) is 2. The van der Waals surface area contributed by atoms with Gasteiger partial charge < -0.3 is 4.52 Å². The third-order valence-corrected chi connectivity index (χ3v) is 5.92. The highest BCUT2D eigenvalue weighted by molar-refractivity contribution is 7.71. The molecule has 2 atom stereocenters. The molecule has 3 rings (SSSR count). The van der Waals surface area contributed by atoms with E-state index < -0.39 is 7.37 Å². The summed E-state index contributed by atoms with van der Waals surface area (Å²) in [5.74, 6) is 0. The van der Waals surface area contributed by atoms with Crippen molar-refractivity contribution < 1.29 is 9.09 Å². The van der Waals surface area contributed by atoms with Gasteiger partial charge in [0.15, 0.2) is 0 Å². The summed E-state index contributed by atoms with van der Waals surface area (Å²) in [5.41, 5.74) is 1.04. The molecule has 1 heterocycles. The normalized spacial score (nSPS) is 26.2. The van der Waals surface area contributed by atoms with Gasteiger partial charge in [-0.15, -0.1) is 0 Å². The van der Waals surface area contributed by atoms with Crippen molar-refractivity contribution in [3.63, 3.8) is 0 Å². The third-order valence-electron chi connectivity index (χ3n) is 3.34. The van der Waals surface area contributed by atoms with Crippen molar-refractivity contribution in [2.45, 2.75) is 13.0 Å². The largest absolute Gasteiger partial charge is 0.310 e. The van der Waals surface area contributed by atoms with Crippen molar-refractivity contribution in [3.8, 4) is 0 Å². The zero-order chi connectivity index (χ0) is 13.3. The average Bonchev–Trinajstić information content (AvgIpc) is 2.78. The Balaban J connectivity index is 1.97. The summed E-state index contributed by atoms with van der Waals surface area (Å²) < 4.78 is 18.9. The van der Waals surface area contributed by atoms with Crippen LogP contribution in [0.15, 0.2) is 72.1 Å². The van der Waals surface area contributed by atoms with Crippen LogP contribution in [0.5, 0.6) is 0 Å². The van der Waals surface area contributed by atoms with Crippen molar-refractivity contribution >= 4 is 12.7 Å². The number of rotatable bonds is 2. The summed E-state index contributed by atoms with van der Waals surface area (Å²) in [5, 5.41) is 1.59. The second-order valence-corrected chi connectivity index (χ2v) is 7.17. The number of hydrogen-bond donors (Lipinski definition) is 0. The van der Waals surface area contributed by atoms with Crippen molar-refractivity contribution in [3.05, 3.63) is 77.6 Å². The smallest absolute Gasteiger partial charge is 0.257 e. The fourth-order valence-corrected chi connectivity index (χ4v) is 4.37. The molecule has 0 amide bonds. The van der Waals surface area contributed by atoms with E-state index in [1.165, 1.54) is 0 Å². The van der Waals surface area contributed by atoms with Crippen LogP contribution in [-0.4, -0.2) is 0 Å². The predicted octanol–water partition coefficient (Wildman–Crippen LogP) is 4.27. The van der Waals surface area contributed by atoms with E-state index in [0.717, 1.165) is 16.2 Å². The second-order valence-electron chi connectivity index (χ2n) is 4.63. The standard InChI is InChI=1S/C16H15O2P/c1-13-12-16(14-8-4-2-5-9-14)18-19(13,17)15-10-6-3-7-11-15/h2-12,16H,1H3/t16-,19-/m1/s1. The van der Waals surface area contributed by atoms with Crippen molar-refractivity contribution in [1.82, 2.24) is 0 Å². The molecule has 1 aliphatic heterocycles. The van der Waals surface area contributed by atoms with Gasteiger partial charge in [-0.1, -0.05) is 48.5 Å². The van der Waals surface area contributed by atoms with Crippen LogP contribution in [0.1, 0.15) is 18.6 Å². The molecule has 0 spiro atoms. The van der Waals surface area contributed by atoms with Gasteiger partial charge in [-0.25, -0.2) is 0 Å². The van der Waals surface area contributed by atoms with Crippen LogP contribution in [-0.2, 0) is 9.09 Å². The minimum Gasteiger partial charge on any atom is -0.310 e. The summed E-state index contributed by atoms with van der Waals surface area (Å²) in [4.78, 5) is 0. The lowest BCUT2D eigenvalue weighted by Gasteiger charge is -2.16. The topological polar surface area (TPSA) is 26.3 Å². The zero-order valence-corrected chi connectivity index (χ0v) is 11.6. The first-order valence-electron chi connectivity index (χ1n) is 6.28. The van der Waals surface area contributed by atoms with Gasteiger partial charge in [-0.2, -0.15) is 0 Å². The van der Waals surface area contributed by atoms with Gasteiger partial charge in [-0.05, 0) is 30.7 Å². The summed E-state index contributed by atoms with van der Waals surface area (Å²) in [6.07, 6.45) is 1.75. The summed E-state index contributed by atoms with van der Waals surface area (Å²) >= 11 is 0. The van der Waals surface area contributed by atoms with Crippen molar-refractivity contribution in [1.29, 1.82) is 0 Å². The quantitative estimate of drug-likeness (QED) is 0.762. The molecule has 96 valence electrons. The highest BCUT2D eigenvalue weighted by Crippen LogP contribution is 2.62. The lowest BCUT2D eigenvalue weighted by Crippen LogP contribution is -2.05. The van der Waals surface area contributed by atoms with Gasteiger partial charge in [0.2, 0.25) is 0 Å². The molecule has 3 heteroatoms. The maximum Gasteiger partial charge on any atom is 0.257 e. The lowest BCUT2D eigenvalue weighted by atomic mass is 10.1. The van der Waals surface area contributed by atoms with E-state index in [4.69, 9.17) is 4.52 Å². The van der Waals surface area contributed by atoms with Crippen molar-refractivity contribution in [2.75, 3.05) is 0 Å². The maximum absolute atomic E-state index is 13.0. The Kier molecular flexibility index (Phi) is 3.14. The Morgan fingerprint density at radius 3 is 2.16 bits per heavy atom. The molecule has 0 bridgehead atoms. The number of benzene rings is 2. The van der Waals surface area contributed by atoms with Crippen molar-refractivity contribution in [2.24, 2.45) is 0 Å². The molecule has 0 fully saturated rings. The Morgan fingerprint density at radius 2 is 1.53 bits per heavy atom. The molecule has 2 nitrogen and oxygen atoms in total. The summed E-state index contributed by atoms with van der Waals surface area (Å²) in [6, 6.07) is 19.3. The van der Waals surface area contributed by atoms with E-state index in [9.17, 15) is 4.57 Å². The van der Waals surface area contributed by atoms with Crippen LogP contribution < -0.4 is 5.30 Å². The maximum atomic E-state index is 13.0. The molecule has 0 unspecified atom stereocenters. The van der Waals surface area contributed by atoms with Gasteiger partial charge in [0.05, 0.1) is 0 Å². The molecular formula is C16H15O2P. The van der Waals surface area contributed by atoms with Crippen LogP contribution >= 0.6 is 7.37 Å². The fourth-order valence-electron chi connectivity index (χ4n) is 2.28. The lowest BCUT2D eigenvalue weighted by molar-refractivity contribution is 0.277. The predicted molar refractivity (Wildman–Crippen MR) is 77.7 cm³/mol. The molecular weight excluding hydrogens is 255 g/mol. The summed E-state index contributed by atoms with van der Waals surface area (Å²) in [6.45, 7) is 1.89. The molecule has 0 aromatic heterocycles. The van der Waals surface area contributed by atoms with Gasteiger partial charge in [0.1, 0.15) is 6.10 Å². The van der Waals surface area contributed by atoms with E-state index >= 15 is 0 Å². The highest BCUT2D eigenvalue weighted by Gasteiger charge is 2.37.